The first-order valence-corrected chi connectivity index (χ1v) is 12.2. The molecule has 0 bridgehead atoms. The van der Waals surface area contributed by atoms with Gasteiger partial charge in [-0.2, -0.15) is 0 Å². The van der Waals surface area contributed by atoms with Gasteiger partial charge in [0, 0.05) is 23.3 Å². The van der Waals surface area contributed by atoms with Crippen LogP contribution in [0.5, 0.6) is 5.75 Å². The Hall–Kier alpha value is -3.85. The first-order valence-electron chi connectivity index (χ1n) is 10.7. The predicted octanol–water partition coefficient (Wildman–Crippen LogP) is 4.22. The number of nitrogens with zero attached hydrogens (tertiary/aromatic N) is 1. The van der Waals surface area contributed by atoms with Crippen LogP contribution in [-0.2, 0) is 19.6 Å². The SMILES string of the molecule is COc1cc2c(cc1NC(=O)C1CCC(=O)N1S(=O)(=O)c1ccc(C)cc1)oc1ccccc12. The smallest absolute Gasteiger partial charge is 0.267 e. The standard InChI is InChI=1S/C25H22N2O6S/c1-15-7-9-16(10-8-15)34(30,31)27-20(11-12-24(27)28)25(29)26-19-14-22-18(13-23(19)32-2)17-5-3-4-6-21(17)33-22/h3-10,13-14,20H,11-12H2,1-2H3,(H,26,29). The zero-order valence-corrected chi connectivity index (χ0v) is 19.4. The van der Waals surface area contributed by atoms with Crippen molar-refractivity contribution in [3.63, 3.8) is 0 Å². The van der Waals surface area contributed by atoms with Gasteiger partial charge in [0.2, 0.25) is 11.8 Å². The number of hydrogen-bond acceptors (Lipinski definition) is 6. The van der Waals surface area contributed by atoms with Gasteiger partial charge in [-0.3, -0.25) is 9.59 Å². The minimum atomic E-state index is -4.19. The van der Waals surface area contributed by atoms with E-state index in [1.807, 2.05) is 31.2 Å². The number of fused-ring (bicyclic) bond motifs is 3. The molecular weight excluding hydrogens is 456 g/mol. The number of anilines is 1. The van der Waals surface area contributed by atoms with Crippen LogP contribution in [0.3, 0.4) is 0 Å². The monoisotopic (exact) mass is 478 g/mol. The average molecular weight is 479 g/mol. The fraction of sp³-hybridized carbons (Fsp3) is 0.200. The highest BCUT2D eigenvalue weighted by molar-refractivity contribution is 7.89. The maximum absolute atomic E-state index is 13.2. The van der Waals surface area contributed by atoms with Gasteiger partial charge >= 0.3 is 0 Å². The van der Waals surface area contributed by atoms with Crippen molar-refractivity contribution in [1.82, 2.24) is 4.31 Å². The van der Waals surface area contributed by atoms with Gasteiger partial charge in [0.25, 0.3) is 10.0 Å². The van der Waals surface area contributed by atoms with Crippen molar-refractivity contribution in [2.75, 3.05) is 12.4 Å². The van der Waals surface area contributed by atoms with E-state index in [1.54, 1.807) is 24.3 Å². The fourth-order valence-corrected chi connectivity index (χ4v) is 5.86. The molecule has 1 aromatic heterocycles. The third-order valence-electron chi connectivity index (χ3n) is 6.00. The van der Waals surface area contributed by atoms with E-state index in [0.717, 1.165) is 16.3 Å². The summed E-state index contributed by atoms with van der Waals surface area (Å²) in [6.07, 6.45) is 0.0495. The van der Waals surface area contributed by atoms with Crippen molar-refractivity contribution >= 4 is 49.5 Å². The Bertz CT molecular complexity index is 1540. The van der Waals surface area contributed by atoms with Crippen LogP contribution < -0.4 is 10.1 Å². The number of benzene rings is 3. The van der Waals surface area contributed by atoms with Crippen LogP contribution in [0.1, 0.15) is 18.4 Å². The first-order chi connectivity index (χ1) is 16.3. The number of hydrogen-bond donors (Lipinski definition) is 1. The number of aryl methyl sites for hydroxylation is 1. The number of methoxy groups -OCH3 is 1. The van der Waals surface area contributed by atoms with Gasteiger partial charge in [0.05, 0.1) is 17.7 Å². The van der Waals surface area contributed by atoms with Gasteiger partial charge in [0.15, 0.2) is 0 Å². The lowest BCUT2D eigenvalue weighted by Gasteiger charge is -2.24. The highest BCUT2D eigenvalue weighted by Crippen LogP contribution is 2.37. The van der Waals surface area contributed by atoms with E-state index < -0.39 is 27.9 Å². The molecule has 8 nitrogen and oxygen atoms in total. The summed E-state index contributed by atoms with van der Waals surface area (Å²) < 4.78 is 38.5. The number of nitrogens with one attached hydrogen (secondary N) is 1. The third kappa shape index (κ3) is 3.58. The summed E-state index contributed by atoms with van der Waals surface area (Å²) in [5.41, 5.74) is 2.45. The third-order valence-corrected chi connectivity index (χ3v) is 7.84. The van der Waals surface area contributed by atoms with Gasteiger partial charge in [0.1, 0.15) is 23.0 Å². The Morgan fingerprint density at radius 3 is 2.53 bits per heavy atom. The Kier molecular flexibility index (Phi) is 5.28. The molecule has 1 aliphatic heterocycles. The number of carbonyl (C=O) groups excluding carboxylic acids is 2. The predicted molar refractivity (Wildman–Crippen MR) is 127 cm³/mol. The molecule has 0 radical (unpaired) electrons. The Balaban J connectivity index is 1.49. The van der Waals surface area contributed by atoms with E-state index in [-0.39, 0.29) is 17.7 Å². The summed E-state index contributed by atoms with van der Waals surface area (Å²) in [7, 11) is -2.71. The lowest BCUT2D eigenvalue weighted by Crippen LogP contribution is -2.45. The van der Waals surface area contributed by atoms with E-state index >= 15 is 0 Å². The Morgan fingerprint density at radius 2 is 1.79 bits per heavy atom. The normalized spacial score (nSPS) is 16.4. The Labute approximate surface area is 196 Å². The van der Waals surface area contributed by atoms with Gasteiger partial charge < -0.3 is 14.5 Å². The molecule has 1 atom stereocenters. The van der Waals surface area contributed by atoms with Crippen LogP contribution in [0.2, 0.25) is 0 Å². The second kappa shape index (κ2) is 8.18. The van der Waals surface area contributed by atoms with Gasteiger partial charge in [-0.05, 0) is 37.6 Å². The second-order valence-corrected chi connectivity index (χ2v) is 10.0. The molecule has 1 N–H and O–H groups in total. The zero-order valence-electron chi connectivity index (χ0n) is 18.6. The summed E-state index contributed by atoms with van der Waals surface area (Å²) in [6, 6.07) is 15.9. The molecule has 0 spiro atoms. The minimum Gasteiger partial charge on any atom is -0.495 e. The molecule has 0 saturated carbocycles. The van der Waals surface area contributed by atoms with Crippen molar-refractivity contribution in [2.24, 2.45) is 0 Å². The highest BCUT2D eigenvalue weighted by Gasteiger charge is 2.44. The van der Waals surface area contributed by atoms with Gasteiger partial charge in [-0.25, -0.2) is 12.7 Å². The summed E-state index contributed by atoms with van der Waals surface area (Å²) in [5, 5.41) is 4.47. The van der Waals surface area contributed by atoms with Crippen molar-refractivity contribution in [3.8, 4) is 5.75 Å². The molecule has 9 heteroatoms. The number of sulfonamides is 1. The van der Waals surface area contributed by atoms with Gasteiger partial charge in [-0.1, -0.05) is 35.9 Å². The highest BCUT2D eigenvalue weighted by atomic mass is 32.2. The Morgan fingerprint density at radius 1 is 1.06 bits per heavy atom. The van der Waals surface area contributed by atoms with Crippen LogP contribution in [-0.4, -0.2) is 37.7 Å². The lowest BCUT2D eigenvalue weighted by molar-refractivity contribution is -0.128. The van der Waals surface area contributed by atoms with Crippen molar-refractivity contribution in [2.45, 2.75) is 30.7 Å². The first kappa shape index (κ1) is 22.0. The molecule has 1 saturated heterocycles. The van der Waals surface area contributed by atoms with E-state index in [1.165, 1.54) is 19.2 Å². The molecule has 4 aromatic rings. The summed E-state index contributed by atoms with van der Waals surface area (Å²) in [4.78, 5) is 25.7. The molecule has 3 aromatic carbocycles. The molecule has 0 aliphatic carbocycles. The second-order valence-electron chi connectivity index (χ2n) is 8.20. The minimum absolute atomic E-state index is 0.0348. The summed E-state index contributed by atoms with van der Waals surface area (Å²) in [5.74, 6) is -0.833. The van der Waals surface area contributed by atoms with E-state index in [0.29, 0.717) is 26.9 Å². The molecule has 2 heterocycles. The number of rotatable bonds is 5. The maximum Gasteiger partial charge on any atom is 0.267 e. The van der Waals surface area contributed by atoms with Crippen molar-refractivity contribution < 1.29 is 27.2 Å². The largest absolute Gasteiger partial charge is 0.495 e. The lowest BCUT2D eigenvalue weighted by atomic mass is 10.1. The topological polar surface area (TPSA) is 106 Å². The van der Waals surface area contributed by atoms with Crippen molar-refractivity contribution in [3.05, 3.63) is 66.2 Å². The molecule has 1 aliphatic rings. The average Bonchev–Trinajstić information content (AvgIpc) is 3.39. The van der Waals surface area contributed by atoms with E-state index in [4.69, 9.17) is 9.15 Å². The number of amides is 2. The fourth-order valence-electron chi connectivity index (χ4n) is 4.26. The van der Waals surface area contributed by atoms with Crippen LogP contribution in [0.4, 0.5) is 5.69 Å². The summed E-state index contributed by atoms with van der Waals surface area (Å²) in [6.45, 7) is 1.83. The maximum atomic E-state index is 13.2. The van der Waals surface area contributed by atoms with Crippen molar-refractivity contribution in [1.29, 1.82) is 0 Å². The number of ether oxygens (including phenoxy) is 1. The summed E-state index contributed by atoms with van der Waals surface area (Å²) >= 11 is 0. The number of para-hydroxylation sites is 1. The zero-order chi connectivity index (χ0) is 24.0. The van der Waals surface area contributed by atoms with Gasteiger partial charge in [-0.15, -0.1) is 0 Å². The molecular formula is C25H22N2O6S. The van der Waals surface area contributed by atoms with Crippen LogP contribution in [0.15, 0.2) is 70.0 Å². The number of furan rings is 1. The van der Waals surface area contributed by atoms with E-state index in [9.17, 15) is 18.0 Å². The van der Waals surface area contributed by atoms with Crippen LogP contribution in [0.25, 0.3) is 21.9 Å². The molecule has 174 valence electrons. The molecule has 34 heavy (non-hydrogen) atoms. The molecule has 5 rings (SSSR count). The van der Waals surface area contributed by atoms with Crippen LogP contribution >= 0.6 is 0 Å². The molecule has 1 fully saturated rings. The quantitative estimate of drug-likeness (QED) is 0.460. The number of carbonyl (C=O) groups is 2. The van der Waals surface area contributed by atoms with Crippen LogP contribution in [0, 0.1) is 6.92 Å². The van der Waals surface area contributed by atoms with E-state index in [2.05, 4.69) is 5.32 Å². The molecule has 2 amide bonds. The molecule has 1 unspecified atom stereocenters.